The lowest BCUT2D eigenvalue weighted by atomic mass is 10.1. The molecule has 6 nitrogen and oxygen atoms in total. The molecule has 1 fully saturated rings. The van der Waals surface area contributed by atoms with Crippen LogP contribution in [0, 0.1) is 6.92 Å². The van der Waals surface area contributed by atoms with Gasteiger partial charge in [-0.2, -0.15) is 0 Å². The van der Waals surface area contributed by atoms with Gasteiger partial charge in [-0.1, -0.05) is 6.07 Å². The van der Waals surface area contributed by atoms with Gasteiger partial charge < -0.3 is 14.7 Å². The summed E-state index contributed by atoms with van der Waals surface area (Å²) in [6.07, 6.45) is 1.49. The molecule has 1 aromatic heterocycles. The maximum absolute atomic E-state index is 12.2. The lowest BCUT2D eigenvalue weighted by molar-refractivity contribution is -0.147. The molecule has 1 atom stereocenters. The van der Waals surface area contributed by atoms with Crippen molar-refractivity contribution in [1.82, 2.24) is 9.88 Å². The minimum atomic E-state index is -0.910. The highest BCUT2D eigenvalue weighted by atomic mass is 16.5. The van der Waals surface area contributed by atoms with Crippen molar-refractivity contribution < 1.29 is 19.4 Å². The number of morpholine rings is 1. The van der Waals surface area contributed by atoms with Gasteiger partial charge in [0, 0.05) is 25.0 Å². The molecule has 0 saturated carbocycles. The number of aryl methyl sites for hydroxylation is 1. The molecular weight excluding hydrogens is 260 g/mol. The van der Waals surface area contributed by atoms with Gasteiger partial charge in [0.1, 0.15) is 0 Å². The second kappa shape index (κ2) is 6.47. The summed E-state index contributed by atoms with van der Waals surface area (Å²) in [5, 5.41) is 8.76. The number of pyridine rings is 1. The van der Waals surface area contributed by atoms with E-state index in [1.54, 1.807) is 11.1 Å². The molecule has 20 heavy (non-hydrogen) atoms. The van der Waals surface area contributed by atoms with Gasteiger partial charge in [-0.05, 0) is 18.6 Å². The molecule has 0 aromatic carbocycles. The maximum Gasteiger partial charge on any atom is 0.306 e. The molecule has 6 heteroatoms. The predicted octanol–water partition coefficient (Wildman–Crippen LogP) is 0.635. The first kappa shape index (κ1) is 14.5. The van der Waals surface area contributed by atoms with Crippen LogP contribution in [0.3, 0.4) is 0 Å². The summed E-state index contributed by atoms with van der Waals surface area (Å²) >= 11 is 0. The van der Waals surface area contributed by atoms with Gasteiger partial charge in [0.2, 0.25) is 5.91 Å². The Kier molecular flexibility index (Phi) is 4.68. The number of carbonyl (C=O) groups is 2. The van der Waals surface area contributed by atoms with E-state index in [0.29, 0.717) is 19.7 Å². The average molecular weight is 278 g/mol. The predicted molar refractivity (Wildman–Crippen MR) is 71.3 cm³/mol. The van der Waals surface area contributed by atoms with Gasteiger partial charge in [0.05, 0.1) is 25.6 Å². The van der Waals surface area contributed by atoms with Gasteiger partial charge in [0.25, 0.3) is 0 Å². The van der Waals surface area contributed by atoms with Gasteiger partial charge >= 0.3 is 5.97 Å². The van der Waals surface area contributed by atoms with Gasteiger partial charge in [0.15, 0.2) is 0 Å². The van der Waals surface area contributed by atoms with E-state index in [9.17, 15) is 9.59 Å². The van der Waals surface area contributed by atoms with E-state index in [-0.39, 0.29) is 18.7 Å². The quantitative estimate of drug-likeness (QED) is 0.874. The van der Waals surface area contributed by atoms with Crippen LogP contribution in [0.1, 0.15) is 17.7 Å². The fourth-order valence-corrected chi connectivity index (χ4v) is 2.15. The number of carboxylic acids is 1. The summed E-state index contributed by atoms with van der Waals surface area (Å²) in [6, 6.07) is 3.75. The molecule has 1 aromatic rings. The van der Waals surface area contributed by atoms with Gasteiger partial charge in [-0.3, -0.25) is 14.6 Å². The Morgan fingerprint density at radius 2 is 2.30 bits per heavy atom. The Labute approximate surface area is 117 Å². The van der Waals surface area contributed by atoms with E-state index in [1.165, 1.54) is 0 Å². The number of rotatable bonds is 4. The highest BCUT2D eigenvalue weighted by Gasteiger charge is 2.25. The minimum Gasteiger partial charge on any atom is -0.481 e. The third-order valence-electron chi connectivity index (χ3n) is 3.22. The first-order chi connectivity index (χ1) is 9.54. The number of aromatic nitrogens is 1. The molecule has 1 amide bonds. The summed E-state index contributed by atoms with van der Waals surface area (Å²) in [5.74, 6) is -0.929. The van der Waals surface area contributed by atoms with Crippen molar-refractivity contribution in [3.05, 3.63) is 29.6 Å². The van der Waals surface area contributed by atoms with Crippen LogP contribution in [0.2, 0.25) is 0 Å². The first-order valence-corrected chi connectivity index (χ1v) is 6.57. The molecule has 0 unspecified atom stereocenters. The zero-order valence-electron chi connectivity index (χ0n) is 11.4. The van der Waals surface area contributed by atoms with E-state index in [0.717, 1.165) is 11.3 Å². The van der Waals surface area contributed by atoms with E-state index in [4.69, 9.17) is 9.84 Å². The summed E-state index contributed by atoms with van der Waals surface area (Å²) in [5.41, 5.74) is 1.77. The molecule has 0 spiro atoms. The van der Waals surface area contributed by atoms with Crippen molar-refractivity contribution >= 4 is 11.9 Å². The van der Waals surface area contributed by atoms with Crippen molar-refractivity contribution in [2.75, 3.05) is 19.7 Å². The number of carboxylic acid groups (broad SMARTS) is 1. The fourth-order valence-electron chi connectivity index (χ4n) is 2.15. The Morgan fingerprint density at radius 3 is 2.95 bits per heavy atom. The maximum atomic E-state index is 12.2. The largest absolute Gasteiger partial charge is 0.481 e. The standard InChI is InChI=1S/C14H18N2O4/c1-10-2-3-11(8-15-10)6-13(17)16-4-5-20-12(9-16)7-14(18)19/h2-3,8,12H,4-7,9H2,1H3,(H,18,19)/t12-/m1/s1. The van der Waals surface area contributed by atoms with Crippen molar-refractivity contribution in [3.63, 3.8) is 0 Å². The van der Waals surface area contributed by atoms with Crippen molar-refractivity contribution in [3.8, 4) is 0 Å². The van der Waals surface area contributed by atoms with E-state index >= 15 is 0 Å². The van der Waals surface area contributed by atoms with E-state index in [1.807, 2.05) is 19.1 Å². The lowest BCUT2D eigenvalue weighted by Gasteiger charge is -2.32. The summed E-state index contributed by atoms with van der Waals surface area (Å²) in [7, 11) is 0. The number of aliphatic carboxylic acids is 1. The van der Waals surface area contributed by atoms with Crippen LogP contribution in [0.4, 0.5) is 0 Å². The molecule has 1 aliphatic rings. The number of nitrogens with zero attached hydrogens (tertiary/aromatic N) is 2. The fraction of sp³-hybridized carbons (Fsp3) is 0.500. The third kappa shape index (κ3) is 4.03. The van der Waals surface area contributed by atoms with Crippen LogP contribution in [0.25, 0.3) is 0 Å². The van der Waals surface area contributed by atoms with Crippen LogP contribution < -0.4 is 0 Å². The summed E-state index contributed by atoms with van der Waals surface area (Å²) in [4.78, 5) is 28.7. The monoisotopic (exact) mass is 278 g/mol. The minimum absolute atomic E-state index is 0.0191. The Balaban J connectivity index is 1.91. The molecule has 108 valence electrons. The molecule has 1 saturated heterocycles. The molecule has 0 aliphatic carbocycles. The first-order valence-electron chi connectivity index (χ1n) is 6.57. The molecule has 0 bridgehead atoms. The van der Waals surface area contributed by atoms with Crippen molar-refractivity contribution in [2.45, 2.75) is 25.9 Å². The van der Waals surface area contributed by atoms with E-state index in [2.05, 4.69) is 4.98 Å². The van der Waals surface area contributed by atoms with Crippen LogP contribution in [-0.4, -0.2) is 52.7 Å². The molecular formula is C14H18N2O4. The highest BCUT2D eigenvalue weighted by Crippen LogP contribution is 2.11. The summed E-state index contributed by atoms with van der Waals surface area (Å²) in [6.45, 7) is 3.12. The second-order valence-corrected chi connectivity index (χ2v) is 4.92. The van der Waals surface area contributed by atoms with E-state index < -0.39 is 12.1 Å². The number of ether oxygens (including phenoxy) is 1. The average Bonchev–Trinajstić information content (AvgIpc) is 2.41. The Hall–Kier alpha value is -1.95. The smallest absolute Gasteiger partial charge is 0.306 e. The Morgan fingerprint density at radius 1 is 1.50 bits per heavy atom. The number of hydrogen-bond donors (Lipinski definition) is 1. The normalized spacial score (nSPS) is 18.9. The highest BCUT2D eigenvalue weighted by molar-refractivity contribution is 5.79. The van der Waals surface area contributed by atoms with Crippen molar-refractivity contribution in [1.29, 1.82) is 0 Å². The SMILES string of the molecule is Cc1ccc(CC(=O)N2CCO[C@H](CC(=O)O)C2)cn1. The molecule has 2 heterocycles. The topological polar surface area (TPSA) is 79.7 Å². The lowest BCUT2D eigenvalue weighted by Crippen LogP contribution is -2.46. The number of amides is 1. The van der Waals surface area contributed by atoms with Crippen LogP contribution in [-0.2, 0) is 20.7 Å². The van der Waals surface area contributed by atoms with Gasteiger partial charge in [-0.25, -0.2) is 0 Å². The second-order valence-electron chi connectivity index (χ2n) is 4.92. The number of hydrogen-bond acceptors (Lipinski definition) is 4. The van der Waals surface area contributed by atoms with Crippen LogP contribution >= 0.6 is 0 Å². The third-order valence-corrected chi connectivity index (χ3v) is 3.22. The zero-order chi connectivity index (χ0) is 14.5. The molecule has 1 aliphatic heterocycles. The molecule has 1 N–H and O–H groups in total. The van der Waals surface area contributed by atoms with Crippen LogP contribution in [0.15, 0.2) is 18.3 Å². The zero-order valence-corrected chi connectivity index (χ0v) is 11.4. The Bertz CT molecular complexity index is 486. The summed E-state index contributed by atoms with van der Waals surface area (Å²) < 4.78 is 5.35. The molecule has 0 radical (unpaired) electrons. The van der Waals surface area contributed by atoms with Crippen LogP contribution in [0.5, 0.6) is 0 Å². The molecule has 2 rings (SSSR count). The number of carbonyl (C=O) groups excluding carboxylic acids is 1. The van der Waals surface area contributed by atoms with Gasteiger partial charge in [-0.15, -0.1) is 0 Å². The van der Waals surface area contributed by atoms with Crippen molar-refractivity contribution in [2.24, 2.45) is 0 Å².